The van der Waals surface area contributed by atoms with Gasteiger partial charge in [-0.3, -0.25) is 0 Å². The smallest absolute Gasteiger partial charge is 0.182 e. The Morgan fingerprint density at radius 1 is 1.29 bits per heavy atom. The normalized spacial score (nSPS) is 32.7. The van der Waals surface area contributed by atoms with Gasteiger partial charge in [0.1, 0.15) is 13.2 Å². The average Bonchev–Trinajstić information content (AvgIpc) is 2.25. The molecule has 0 bridgehead atoms. The second kappa shape index (κ2) is 4.11. The van der Waals surface area contributed by atoms with Gasteiger partial charge in [-0.05, 0) is 20.8 Å². The molecule has 1 heterocycles. The van der Waals surface area contributed by atoms with Gasteiger partial charge in [0.05, 0.1) is 0 Å². The Morgan fingerprint density at radius 3 is 2.36 bits per heavy atom. The quantitative estimate of drug-likeness (QED) is 0.221. The minimum Gasteiger partial charge on any atom is -0.624 e. The van der Waals surface area contributed by atoms with Gasteiger partial charge in [-0.15, -0.1) is 0 Å². The molecule has 1 aliphatic rings. The molecule has 4 heteroatoms. The van der Waals surface area contributed by atoms with Crippen LogP contribution in [0, 0.1) is 5.21 Å². The zero-order chi connectivity index (χ0) is 10.8. The Morgan fingerprint density at radius 2 is 1.86 bits per heavy atom. The highest BCUT2D eigenvalue weighted by Crippen LogP contribution is 2.27. The molecule has 0 amide bonds. The van der Waals surface area contributed by atoms with Crippen LogP contribution in [0.15, 0.2) is 12.2 Å². The van der Waals surface area contributed by atoms with E-state index in [0.717, 1.165) is 4.74 Å². The lowest BCUT2D eigenvalue weighted by molar-refractivity contribution is -0.420. The molecule has 0 aromatic carbocycles. The maximum absolute atomic E-state index is 10.9. The molecule has 4 nitrogen and oxygen atoms in total. The molecule has 0 saturated carbocycles. The molecule has 1 saturated heterocycles. The van der Waals surface area contributed by atoms with Gasteiger partial charge < -0.3 is 14.7 Å². The molecule has 80 valence electrons. The molecule has 0 radical (unpaired) electrons. The molecule has 0 aromatic rings. The van der Waals surface area contributed by atoms with Crippen LogP contribution in [0.25, 0.3) is 0 Å². The zero-order valence-corrected chi connectivity index (χ0v) is 9.06. The van der Waals surface area contributed by atoms with Crippen LogP contribution in [0.1, 0.15) is 20.8 Å². The van der Waals surface area contributed by atoms with E-state index in [4.69, 9.17) is 9.47 Å². The van der Waals surface area contributed by atoms with Crippen molar-refractivity contribution in [3.63, 3.8) is 0 Å². The van der Waals surface area contributed by atoms with Gasteiger partial charge >= 0.3 is 0 Å². The van der Waals surface area contributed by atoms with E-state index in [-0.39, 0.29) is 12.2 Å². The minimum absolute atomic E-state index is 0.175. The van der Waals surface area contributed by atoms with E-state index in [2.05, 4.69) is 0 Å². The van der Waals surface area contributed by atoms with Crippen LogP contribution in [-0.2, 0) is 9.47 Å². The molecule has 14 heavy (non-hydrogen) atoms. The summed E-state index contributed by atoms with van der Waals surface area (Å²) in [6.45, 7) is 5.58. The van der Waals surface area contributed by atoms with Crippen molar-refractivity contribution in [3.8, 4) is 0 Å². The van der Waals surface area contributed by atoms with Crippen LogP contribution in [0.2, 0.25) is 0 Å². The van der Waals surface area contributed by atoms with Crippen LogP contribution in [-0.4, -0.2) is 36.0 Å². The highest BCUT2D eigenvalue weighted by molar-refractivity contribution is 5.60. The lowest BCUT2D eigenvalue weighted by Crippen LogP contribution is -2.25. The first kappa shape index (κ1) is 11.2. The Labute approximate surface area is 84.4 Å². The Hall–Kier alpha value is -0.870. The Balaban J connectivity index is 2.77. The van der Waals surface area contributed by atoms with Gasteiger partial charge in [0.15, 0.2) is 18.1 Å². The van der Waals surface area contributed by atoms with E-state index < -0.39 is 5.79 Å². The summed E-state index contributed by atoms with van der Waals surface area (Å²) in [5.41, 5.74) is 0. The van der Waals surface area contributed by atoms with E-state index in [1.54, 1.807) is 0 Å². The number of rotatable bonds is 2. The minimum atomic E-state index is -0.624. The Kier molecular flexibility index (Phi) is 3.29. The summed E-state index contributed by atoms with van der Waals surface area (Å²) in [4.78, 5) is 0. The van der Waals surface area contributed by atoms with Crippen LogP contribution in [0.5, 0.6) is 0 Å². The topological polar surface area (TPSA) is 44.5 Å². The average molecular weight is 199 g/mol. The van der Waals surface area contributed by atoms with Crippen molar-refractivity contribution in [1.29, 1.82) is 0 Å². The third-order valence-electron chi connectivity index (χ3n) is 1.90. The number of hydrogen-bond acceptors (Lipinski definition) is 3. The van der Waals surface area contributed by atoms with Crippen molar-refractivity contribution in [3.05, 3.63) is 17.4 Å². The highest BCUT2D eigenvalue weighted by atomic mass is 16.7. The van der Waals surface area contributed by atoms with E-state index in [9.17, 15) is 5.21 Å². The molecule has 0 aliphatic carbocycles. The van der Waals surface area contributed by atoms with Crippen molar-refractivity contribution in [2.75, 3.05) is 7.05 Å². The van der Waals surface area contributed by atoms with Crippen molar-refractivity contribution in [1.82, 2.24) is 0 Å². The van der Waals surface area contributed by atoms with E-state index >= 15 is 0 Å². The van der Waals surface area contributed by atoms with Gasteiger partial charge in [-0.25, -0.2) is 4.74 Å². The number of allylic oxidation sites excluding steroid dienone is 1. The lowest BCUT2D eigenvalue weighted by atomic mass is 10.2. The molecule has 1 rings (SSSR count). The van der Waals surface area contributed by atoms with E-state index in [1.165, 1.54) is 13.3 Å². The number of nitrogens with zero attached hydrogens (tertiary/aromatic N) is 1. The first-order chi connectivity index (χ1) is 6.44. The fraction of sp³-hybridized carbons (Fsp3) is 0.700. The molecule has 0 aromatic heterocycles. The number of hydrogen-bond donors (Lipinski definition) is 0. The Bertz CT molecular complexity index is 254. The first-order valence-corrected chi connectivity index (χ1v) is 4.68. The predicted molar refractivity (Wildman–Crippen MR) is 54.3 cm³/mol. The van der Waals surface area contributed by atoms with Gasteiger partial charge in [-0.2, -0.15) is 0 Å². The summed E-state index contributed by atoms with van der Waals surface area (Å²) in [5, 5.41) is 10.9. The lowest BCUT2D eigenvalue weighted by Gasteiger charge is -2.15. The van der Waals surface area contributed by atoms with Gasteiger partial charge in [-0.1, -0.05) is 12.2 Å². The molecule has 0 unspecified atom stereocenters. The standard InChI is InChI=1S/C10H17NO3/c1-5-6-8-9(7-11(4)12)14-10(2,3)13-8/h5-9H,1-4H3/b6-5+,11-7+/t8-,9+/m0/s1. The zero-order valence-electron chi connectivity index (χ0n) is 9.06. The molecule has 0 spiro atoms. The third-order valence-corrected chi connectivity index (χ3v) is 1.90. The summed E-state index contributed by atoms with van der Waals surface area (Å²) < 4.78 is 11.9. The van der Waals surface area contributed by atoms with E-state index in [0.29, 0.717) is 0 Å². The second-order valence-electron chi connectivity index (χ2n) is 3.79. The molecule has 1 aliphatic heterocycles. The summed E-state index contributed by atoms with van der Waals surface area (Å²) in [6, 6.07) is 0. The molecule has 0 N–H and O–H groups in total. The summed E-state index contributed by atoms with van der Waals surface area (Å²) in [6.07, 6.45) is 4.77. The summed E-state index contributed by atoms with van der Waals surface area (Å²) >= 11 is 0. The molecule has 2 atom stereocenters. The second-order valence-corrected chi connectivity index (χ2v) is 3.79. The summed E-state index contributed by atoms with van der Waals surface area (Å²) in [5.74, 6) is -0.624. The number of ether oxygens (including phenoxy) is 2. The van der Waals surface area contributed by atoms with Gasteiger partial charge in [0, 0.05) is 0 Å². The van der Waals surface area contributed by atoms with Crippen LogP contribution >= 0.6 is 0 Å². The SMILES string of the molecule is C/C=C/[C@@H]1OC(C)(C)O[C@@H]1/C=[N+](\C)[O-]. The third kappa shape index (κ3) is 2.82. The molecular weight excluding hydrogens is 182 g/mol. The fourth-order valence-corrected chi connectivity index (χ4v) is 1.48. The van der Waals surface area contributed by atoms with Crippen molar-refractivity contribution >= 4 is 6.21 Å². The van der Waals surface area contributed by atoms with Crippen LogP contribution in [0.4, 0.5) is 0 Å². The van der Waals surface area contributed by atoms with Gasteiger partial charge in [0.25, 0.3) is 0 Å². The highest BCUT2D eigenvalue weighted by Gasteiger charge is 2.40. The summed E-state index contributed by atoms with van der Waals surface area (Å²) in [7, 11) is 1.43. The largest absolute Gasteiger partial charge is 0.624 e. The van der Waals surface area contributed by atoms with Crippen molar-refractivity contribution < 1.29 is 14.2 Å². The van der Waals surface area contributed by atoms with Crippen LogP contribution < -0.4 is 0 Å². The van der Waals surface area contributed by atoms with Crippen molar-refractivity contribution in [2.24, 2.45) is 0 Å². The maximum atomic E-state index is 10.9. The maximum Gasteiger partial charge on any atom is 0.182 e. The van der Waals surface area contributed by atoms with Crippen LogP contribution in [0.3, 0.4) is 0 Å². The monoisotopic (exact) mass is 199 g/mol. The molecular formula is C10H17NO3. The van der Waals surface area contributed by atoms with Gasteiger partial charge in [0.2, 0.25) is 0 Å². The molecule has 1 fully saturated rings. The van der Waals surface area contributed by atoms with E-state index in [1.807, 2.05) is 32.9 Å². The first-order valence-electron chi connectivity index (χ1n) is 4.68. The van der Waals surface area contributed by atoms with Crippen molar-refractivity contribution in [2.45, 2.75) is 38.8 Å². The predicted octanol–water partition coefficient (Wildman–Crippen LogP) is 1.29. The fourth-order valence-electron chi connectivity index (χ4n) is 1.48. The number of hydroxylamine groups is 1.